The minimum absolute atomic E-state index is 0.168. The first kappa shape index (κ1) is 22.6. The fourth-order valence-corrected chi connectivity index (χ4v) is 3.02. The lowest BCUT2D eigenvalue weighted by atomic mass is 10.1. The van der Waals surface area contributed by atoms with Gasteiger partial charge in [0.05, 0.1) is 5.69 Å². The van der Waals surface area contributed by atoms with Gasteiger partial charge in [-0.05, 0) is 49.0 Å². The van der Waals surface area contributed by atoms with Gasteiger partial charge >= 0.3 is 11.5 Å². The molecule has 0 bridgehead atoms. The molecule has 0 spiro atoms. The number of carbonyl (C=O) groups is 2. The van der Waals surface area contributed by atoms with E-state index in [2.05, 4.69) is 0 Å². The summed E-state index contributed by atoms with van der Waals surface area (Å²) in [7, 11) is 0.949. The van der Waals surface area contributed by atoms with Crippen molar-refractivity contribution in [3.05, 3.63) is 59.4 Å². The second-order valence-corrected chi connectivity index (χ2v) is 6.79. The first-order valence-corrected chi connectivity index (χ1v) is 8.86. The molecule has 0 N–H and O–H groups in total. The second kappa shape index (κ2) is 8.76. The summed E-state index contributed by atoms with van der Waals surface area (Å²) in [5.41, 5.74) is -5.97. The van der Waals surface area contributed by atoms with Crippen LogP contribution in [0.4, 0.5) is 36.8 Å². The fourth-order valence-electron chi connectivity index (χ4n) is 2.45. The van der Waals surface area contributed by atoms with Gasteiger partial charge in [0.25, 0.3) is 5.91 Å². The zero-order chi connectivity index (χ0) is 21.9. The Morgan fingerprint density at radius 3 is 2.07 bits per heavy atom. The van der Waals surface area contributed by atoms with E-state index in [-0.39, 0.29) is 6.54 Å². The van der Waals surface area contributed by atoms with Gasteiger partial charge in [0.15, 0.2) is 0 Å². The Hall–Kier alpha value is -2.69. The van der Waals surface area contributed by atoms with Gasteiger partial charge < -0.3 is 0 Å². The van der Waals surface area contributed by atoms with Crippen molar-refractivity contribution in [2.75, 3.05) is 18.5 Å². The predicted molar refractivity (Wildman–Crippen MR) is 95.2 cm³/mol. The minimum Gasteiger partial charge on any atom is -0.291 e. The molecular weight excluding hydrogens is 422 g/mol. The number of anilines is 1. The summed E-state index contributed by atoms with van der Waals surface area (Å²) < 4.78 is 79.2. The Morgan fingerprint density at radius 1 is 1.00 bits per heavy atom. The Kier molecular flexibility index (Phi) is 6.83. The molecule has 0 unspecified atom stereocenters. The topological polar surface area (TPSA) is 40.6 Å². The number of benzene rings is 2. The molecule has 0 atom stereocenters. The van der Waals surface area contributed by atoms with Crippen LogP contribution in [0.2, 0.25) is 0 Å². The molecule has 11 heteroatoms. The van der Waals surface area contributed by atoms with Gasteiger partial charge in [-0.3, -0.25) is 14.6 Å². The monoisotopic (exact) mass is 436 g/mol. The molecule has 2 aromatic rings. The summed E-state index contributed by atoms with van der Waals surface area (Å²) in [6.45, 7) is 1.26. The average Bonchev–Trinajstić information content (AvgIpc) is 2.61. The maximum atomic E-state index is 14.3. The van der Waals surface area contributed by atoms with E-state index in [4.69, 9.17) is 0 Å². The number of alkyl halides is 3. The van der Waals surface area contributed by atoms with Crippen LogP contribution >= 0.6 is 11.8 Å². The van der Waals surface area contributed by atoms with Crippen LogP contribution in [0.5, 0.6) is 0 Å². The van der Waals surface area contributed by atoms with E-state index in [1.165, 1.54) is 6.92 Å². The smallest absolute Gasteiger partial charge is 0.291 e. The average molecular weight is 436 g/mol. The molecule has 156 valence electrons. The molecule has 0 saturated heterocycles. The third-order valence-electron chi connectivity index (χ3n) is 3.76. The predicted octanol–water partition coefficient (Wildman–Crippen LogP) is 5.43. The summed E-state index contributed by atoms with van der Waals surface area (Å²) in [5, 5.41) is 0. The zero-order valence-electron chi connectivity index (χ0n) is 15.1. The molecule has 0 heterocycles. The van der Waals surface area contributed by atoms with Crippen molar-refractivity contribution in [3.8, 4) is 0 Å². The van der Waals surface area contributed by atoms with E-state index >= 15 is 0 Å². The van der Waals surface area contributed by atoms with Crippen LogP contribution in [-0.4, -0.2) is 35.9 Å². The van der Waals surface area contributed by atoms with Gasteiger partial charge in [-0.1, -0.05) is 6.07 Å². The number of carbonyl (C=O) groups excluding carboxylic acids is 2. The van der Waals surface area contributed by atoms with E-state index in [1.807, 2.05) is 0 Å². The Bertz CT molecular complexity index is 915. The van der Waals surface area contributed by atoms with Crippen LogP contribution in [0.3, 0.4) is 0 Å². The van der Waals surface area contributed by atoms with Crippen molar-refractivity contribution in [3.63, 3.8) is 0 Å². The molecule has 4 nitrogen and oxygen atoms in total. The number of hydrogen-bond donors (Lipinski definition) is 0. The highest BCUT2D eigenvalue weighted by Gasteiger charge is 2.31. The van der Waals surface area contributed by atoms with Crippen LogP contribution in [0.15, 0.2) is 41.3 Å². The molecule has 0 radical (unpaired) electrons. The molecular formula is C18H14F6N2O2S. The molecule has 0 saturated carbocycles. The van der Waals surface area contributed by atoms with E-state index in [9.17, 15) is 35.9 Å². The lowest BCUT2D eigenvalue weighted by Crippen LogP contribution is -2.45. The normalized spacial score (nSPS) is 11.3. The molecule has 0 aliphatic heterocycles. The molecule has 0 aromatic heterocycles. The summed E-state index contributed by atoms with van der Waals surface area (Å²) in [5.74, 6) is -4.80. The highest BCUT2D eigenvalue weighted by molar-refractivity contribution is 8.00. The number of nitrogens with zero attached hydrogens (tertiary/aromatic N) is 2. The Balaban J connectivity index is 2.31. The number of thioether (sulfide) groups is 1. The van der Waals surface area contributed by atoms with Crippen molar-refractivity contribution in [2.24, 2.45) is 0 Å². The van der Waals surface area contributed by atoms with Crippen molar-refractivity contribution in [2.45, 2.75) is 17.3 Å². The lowest BCUT2D eigenvalue weighted by Gasteiger charge is -2.27. The number of halogens is 6. The minimum atomic E-state index is -4.62. The molecule has 0 aliphatic rings. The third kappa shape index (κ3) is 5.22. The summed E-state index contributed by atoms with van der Waals surface area (Å²) >= 11 is -0.528. The first-order chi connectivity index (χ1) is 13.5. The second-order valence-electron chi connectivity index (χ2n) is 5.65. The molecule has 0 aliphatic carbocycles. The standard InChI is InChI=1S/C18H14F6N2O2S/c1-3-26(14-8-7-10(9-13(14)21)29-18(22,23)24)17(28)25(2)16(27)15-11(19)5-4-6-12(15)20/h4-9H,3H2,1-2H3. The van der Waals surface area contributed by atoms with Crippen molar-refractivity contribution in [1.82, 2.24) is 4.90 Å². The van der Waals surface area contributed by atoms with Gasteiger partial charge in [0.2, 0.25) is 0 Å². The van der Waals surface area contributed by atoms with Gasteiger partial charge in [-0.25, -0.2) is 18.0 Å². The summed E-state index contributed by atoms with van der Waals surface area (Å²) in [6.07, 6.45) is 0. The van der Waals surface area contributed by atoms with E-state index < -0.39 is 62.8 Å². The van der Waals surface area contributed by atoms with Gasteiger partial charge in [0, 0.05) is 18.5 Å². The van der Waals surface area contributed by atoms with Crippen LogP contribution < -0.4 is 4.90 Å². The highest BCUT2D eigenvalue weighted by Crippen LogP contribution is 2.38. The first-order valence-electron chi connectivity index (χ1n) is 8.05. The van der Waals surface area contributed by atoms with Gasteiger partial charge in [0.1, 0.15) is 23.0 Å². The third-order valence-corrected chi connectivity index (χ3v) is 4.48. The molecule has 0 fully saturated rings. The number of imide groups is 1. The quantitative estimate of drug-likeness (QED) is 0.474. The molecule has 29 heavy (non-hydrogen) atoms. The summed E-state index contributed by atoms with van der Waals surface area (Å²) in [6, 6.07) is 4.11. The zero-order valence-corrected chi connectivity index (χ0v) is 15.9. The van der Waals surface area contributed by atoms with E-state index in [0.29, 0.717) is 11.0 Å². The van der Waals surface area contributed by atoms with Crippen molar-refractivity contribution < 1.29 is 35.9 Å². The van der Waals surface area contributed by atoms with Crippen molar-refractivity contribution >= 4 is 29.4 Å². The highest BCUT2D eigenvalue weighted by atomic mass is 32.2. The number of amides is 3. The van der Waals surface area contributed by atoms with Gasteiger partial charge in [-0.2, -0.15) is 13.2 Å². The van der Waals surface area contributed by atoms with Crippen LogP contribution in [0.25, 0.3) is 0 Å². The fraction of sp³-hybridized carbons (Fsp3) is 0.222. The SMILES string of the molecule is CCN(C(=O)N(C)C(=O)c1c(F)cccc1F)c1ccc(SC(F)(F)F)cc1F. The lowest BCUT2D eigenvalue weighted by molar-refractivity contribution is -0.0328. The van der Waals surface area contributed by atoms with Crippen LogP contribution in [0, 0.1) is 17.5 Å². The molecule has 3 amide bonds. The molecule has 2 rings (SSSR count). The Morgan fingerprint density at radius 2 is 1.59 bits per heavy atom. The number of urea groups is 1. The number of hydrogen-bond acceptors (Lipinski definition) is 3. The Labute approximate surface area is 166 Å². The summed E-state index contributed by atoms with van der Waals surface area (Å²) in [4.78, 5) is 25.7. The van der Waals surface area contributed by atoms with Crippen LogP contribution in [0.1, 0.15) is 17.3 Å². The number of rotatable bonds is 4. The maximum absolute atomic E-state index is 14.3. The van der Waals surface area contributed by atoms with E-state index in [1.54, 1.807) is 0 Å². The van der Waals surface area contributed by atoms with Gasteiger partial charge in [-0.15, -0.1) is 0 Å². The maximum Gasteiger partial charge on any atom is 0.446 e. The molecule has 2 aromatic carbocycles. The largest absolute Gasteiger partial charge is 0.446 e. The van der Waals surface area contributed by atoms with Crippen LogP contribution in [-0.2, 0) is 0 Å². The van der Waals surface area contributed by atoms with E-state index in [0.717, 1.165) is 42.3 Å². The van der Waals surface area contributed by atoms with Crippen molar-refractivity contribution in [1.29, 1.82) is 0 Å².